The summed E-state index contributed by atoms with van der Waals surface area (Å²) in [5.41, 5.74) is 3.27. The van der Waals surface area contributed by atoms with Crippen LogP contribution in [0.3, 0.4) is 0 Å². The topological polar surface area (TPSA) is 88.7 Å². The Balaban J connectivity index is 1.13. The number of hydrogen-bond acceptors (Lipinski definition) is 3. The molecule has 3 N–H and O–H groups in total. The summed E-state index contributed by atoms with van der Waals surface area (Å²) in [7, 11) is 0. The van der Waals surface area contributed by atoms with E-state index in [1.807, 2.05) is 30.3 Å². The first-order valence-corrected chi connectivity index (χ1v) is 11.7. The lowest BCUT2D eigenvalue weighted by molar-refractivity contribution is -0.134. The van der Waals surface area contributed by atoms with E-state index in [4.69, 9.17) is 11.6 Å². The molecule has 0 bridgehead atoms. The number of para-hydroxylation sites is 1. The Morgan fingerprint density at radius 1 is 1.03 bits per heavy atom. The minimum absolute atomic E-state index is 0.0474. The summed E-state index contributed by atoms with van der Waals surface area (Å²) < 4.78 is 0. The van der Waals surface area contributed by atoms with Crippen molar-refractivity contribution in [3.05, 3.63) is 70.4 Å². The van der Waals surface area contributed by atoms with Gasteiger partial charge in [-0.2, -0.15) is 0 Å². The first-order chi connectivity index (χ1) is 15.9. The third-order valence-electron chi connectivity index (χ3n) is 6.89. The van der Waals surface area contributed by atoms with Crippen LogP contribution < -0.4 is 5.32 Å². The molecule has 1 aromatic heterocycles. The molecule has 2 aliphatic rings. The van der Waals surface area contributed by atoms with Crippen molar-refractivity contribution in [3.63, 3.8) is 0 Å². The van der Waals surface area contributed by atoms with Crippen molar-refractivity contribution in [2.24, 2.45) is 0 Å². The highest BCUT2D eigenvalue weighted by Crippen LogP contribution is 2.33. The van der Waals surface area contributed by atoms with E-state index in [0.717, 1.165) is 23.2 Å². The van der Waals surface area contributed by atoms with E-state index in [1.165, 1.54) is 10.9 Å². The highest BCUT2D eigenvalue weighted by Gasteiger charge is 2.35. The molecule has 0 unspecified atom stereocenters. The van der Waals surface area contributed by atoms with E-state index < -0.39 is 5.60 Å². The molecule has 0 atom stereocenters. The number of H-pyrrole nitrogens is 1. The maximum absolute atomic E-state index is 12.7. The van der Waals surface area contributed by atoms with Crippen LogP contribution >= 0.6 is 11.6 Å². The lowest BCUT2D eigenvalue weighted by Crippen LogP contribution is -2.50. The molecule has 2 aromatic carbocycles. The monoisotopic (exact) mass is 466 g/mol. The number of piperidine rings is 1. The van der Waals surface area contributed by atoms with E-state index in [-0.39, 0.29) is 18.5 Å². The Kier molecular flexibility index (Phi) is 5.76. The molecule has 1 saturated heterocycles. The van der Waals surface area contributed by atoms with Crippen LogP contribution in [0.4, 0.5) is 4.79 Å². The van der Waals surface area contributed by atoms with E-state index in [2.05, 4.69) is 16.4 Å². The van der Waals surface area contributed by atoms with Crippen molar-refractivity contribution in [2.75, 3.05) is 26.2 Å². The zero-order chi connectivity index (χ0) is 23.0. The van der Waals surface area contributed by atoms with E-state index in [0.29, 0.717) is 44.0 Å². The van der Waals surface area contributed by atoms with Crippen molar-refractivity contribution in [2.45, 2.75) is 31.4 Å². The molecule has 2 aliphatic heterocycles. The van der Waals surface area contributed by atoms with Crippen molar-refractivity contribution in [1.29, 1.82) is 0 Å². The molecule has 172 valence electrons. The van der Waals surface area contributed by atoms with Gasteiger partial charge in [-0.1, -0.05) is 41.9 Å². The number of nitrogens with one attached hydrogen (secondary N) is 2. The first-order valence-electron chi connectivity index (χ1n) is 11.3. The van der Waals surface area contributed by atoms with Gasteiger partial charge in [0.2, 0.25) is 5.91 Å². The minimum atomic E-state index is -0.963. The summed E-state index contributed by atoms with van der Waals surface area (Å²) in [6.45, 7) is 1.95. The Bertz CT molecular complexity index is 1180. The first kappa shape index (κ1) is 21.8. The molecule has 7 nitrogen and oxygen atoms in total. The Morgan fingerprint density at radius 2 is 1.76 bits per heavy atom. The minimum Gasteiger partial charge on any atom is -0.385 e. The van der Waals surface area contributed by atoms with Gasteiger partial charge >= 0.3 is 6.03 Å². The highest BCUT2D eigenvalue weighted by atomic mass is 35.5. The molecule has 0 radical (unpaired) electrons. The number of hydrogen-bond donors (Lipinski definition) is 3. The van der Waals surface area contributed by atoms with Gasteiger partial charge in [-0.3, -0.25) is 4.79 Å². The lowest BCUT2D eigenvalue weighted by atomic mass is 9.84. The largest absolute Gasteiger partial charge is 0.385 e. The number of urea groups is 1. The quantitative estimate of drug-likeness (QED) is 0.552. The van der Waals surface area contributed by atoms with Crippen molar-refractivity contribution in [1.82, 2.24) is 20.1 Å². The molecule has 8 heteroatoms. The number of carbonyl (C=O) groups excluding carboxylic acids is 2. The smallest absolute Gasteiger partial charge is 0.318 e. The van der Waals surface area contributed by atoms with Crippen LogP contribution in [0.1, 0.15) is 29.7 Å². The van der Waals surface area contributed by atoms with Crippen LogP contribution in [0, 0.1) is 0 Å². The fourth-order valence-corrected chi connectivity index (χ4v) is 5.04. The molecule has 3 amide bonds. The molecule has 1 fully saturated rings. The average molecular weight is 467 g/mol. The van der Waals surface area contributed by atoms with Gasteiger partial charge in [0.15, 0.2) is 0 Å². The number of rotatable bonds is 3. The molecule has 0 aliphatic carbocycles. The van der Waals surface area contributed by atoms with E-state index in [9.17, 15) is 14.7 Å². The molecule has 3 heterocycles. The number of halogens is 1. The number of nitrogens with zero attached hydrogens (tertiary/aromatic N) is 2. The number of aromatic amines is 1. The predicted molar refractivity (Wildman–Crippen MR) is 127 cm³/mol. The fraction of sp³-hybridized carbons (Fsp3) is 0.360. The van der Waals surface area contributed by atoms with E-state index >= 15 is 0 Å². The summed E-state index contributed by atoms with van der Waals surface area (Å²) in [4.78, 5) is 32.2. The predicted octanol–water partition coefficient (Wildman–Crippen LogP) is 3.40. The van der Waals surface area contributed by atoms with Crippen LogP contribution in [0.25, 0.3) is 10.9 Å². The molecular formula is C25H27ClN4O3. The number of carbonyl (C=O) groups is 2. The van der Waals surface area contributed by atoms with Crippen LogP contribution in [0.15, 0.2) is 48.5 Å². The van der Waals surface area contributed by atoms with Gasteiger partial charge in [0.25, 0.3) is 0 Å². The third kappa shape index (κ3) is 4.30. The Morgan fingerprint density at radius 3 is 2.52 bits per heavy atom. The summed E-state index contributed by atoms with van der Waals surface area (Å²) in [5.74, 6) is -0.134. The number of aliphatic hydroxyl groups is 1. The Labute approximate surface area is 197 Å². The van der Waals surface area contributed by atoms with E-state index in [1.54, 1.807) is 21.9 Å². The highest BCUT2D eigenvalue weighted by molar-refractivity contribution is 6.30. The zero-order valence-electron chi connectivity index (χ0n) is 18.3. The molecule has 33 heavy (non-hydrogen) atoms. The second-order valence-electron chi connectivity index (χ2n) is 8.88. The molecule has 0 spiro atoms. The normalized spacial score (nSPS) is 17.6. The van der Waals surface area contributed by atoms with Gasteiger partial charge < -0.3 is 25.2 Å². The van der Waals surface area contributed by atoms with Gasteiger partial charge in [0.1, 0.15) is 0 Å². The average Bonchev–Trinajstić information content (AvgIpc) is 3.21. The zero-order valence-corrected chi connectivity index (χ0v) is 19.1. The summed E-state index contributed by atoms with van der Waals surface area (Å²) in [6.07, 6.45) is 1.68. The molecule has 5 rings (SSSR count). The second-order valence-corrected chi connectivity index (χ2v) is 9.31. The fourth-order valence-electron chi connectivity index (χ4n) is 4.92. The van der Waals surface area contributed by atoms with Gasteiger partial charge in [-0.05, 0) is 48.6 Å². The van der Waals surface area contributed by atoms with Crippen LogP contribution in [-0.2, 0) is 23.4 Å². The Hall–Kier alpha value is -3.03. The van der Waals surface area contributed by atoms with Crippen LogP contribution in [0.2, 0.25) is 5.02 Å². The van der Waals surface area contributed by atoms with Gasteiger partial charge in [-0.25, -0.2) is 4.79 Å². The number of fused-ring (bicyclic) bond motifs is 3. The summed E-state index contributed by atoms with van der Waals surface area (Å²) in [5, 5.41) is 15.6. The van der Waals surface area contributed by atoms with Gasteiger partial charge in [0.05, 0.1) is 18.7 Å². The van der Waals surface area contributed by atoms with Gasteiger partial charge in [0, 0.05) is 41.3 Å². The number of aromatic nitrogens is 1. The maximum Gasteiger partial charge on any atom is 0.318 e. The van der Waals surface area contributed by atoms with Crippen LogP contribution in [-0.4, -0.2) is 58.0 Å². The number of likely N-dealkylation sites (tertiary alicyclic amines) is 1. The van der Waals surface area contributed by atoms with Crippen LogP contribution in [0.5, 0.6) is 0 Å². The number of benzene rings is 2. The number of amides is 3. The standard InChI is InChI=1S/C25H27ClN4O3/c26-18-7-5-17(6-8-18)25(33)10-13-29(14-11-25)23(31)15-27-24(32)30-12-9-20-19-3-1-2-4-21(19)28-22(20)16-30/h1-8,28,33H,9-16H2,(H,27,32). The van der Waals surface area contributed by atoms with Crippen molar-refractivity contribution < 1.29 is 14.7 Å². The van der Waals surface area contributed by atoms with Gasteiger partial charge in [-0.15, -0.1) is 0 Å². The second kappa shape index (κ2) is 8.72. The lowest BCUT2D eigenvalue weighted by Gasteiger charge is -2.38. The molecule has 0 saturated carbocycles. The summed E-state index contributed by atoms with van der Waals surface area (Å²) >= 11 is 5.95. The summed E-state index contributed by atoms with van der Waals surface area (Å²) in [6, 6.07) is 15.1. The third-order valence-corrected chi connectivity index (χ3v) is 7.14. The van der Waals surface area contributed by atoms with Crippen molar-refractivity contribution >= 4 is 34.4 Å². The van der Waals surface area contributed by atoms with Crippen molar-refractivity contribution in [3.8, 4) is 0 Å². The SMILES string of the molecule is O=C(CNC(=O)N1CCc2c([nH]c3ccccc23)C1)N1CCC(O)(c2ccc(Cl)cc2)CC1. The molecular weight excluding hydrogens is 440 g/mol. The maximum atomic E-state index is 12.7. The molecule has 3 aromatic rings.